The molecule has 1 heterocycles. The molecule has 0 unspecified atom stereocenters. The van der Waals surface area contributed by atoms with Gasteiger partial charge in [-0.1, -0.05) is 12.1 Å². The van der Waals surface area contributed by atoms with Gasteiger partial charge in [-0.2, -0.15) is 0 Å². The summed E-state index contributed by atoms with van der Waals surface area (Å²) in [6.45, 7) is 2.57. The van der Waals surface area contributed by atoms with Gasteiger partial charge in [0.25, 0.3) is 11.1 Å². The molecule has 1 atom stereocenters. The quantitative estimate of drug-likeness (QED) is 0.753. The Balaban J connectivity index is 1.64. The van der Waals surface area contributed by atoms with Gasteiger partial charge in [-0.3, -0.25) is 14.5 Å². The van der Waals surface area contributed by atoms with E-state index in [-0.39, 0.29) is 23.3 Å². The number of carbonyl (C=O) groups excluding carboxylic acids is 2. The van der Waals surface area contributed by atoms with E-state index in [0.29, 0.717) is 17.9 Å². The molecule has 1 aliphatic heterocycles. The van der Waals surface area contributed by atoms with Crippen LogP contribution in [0.25, 0.3) is 0 Å². The van der Waals surface area contributed by atoms with Gasteiger partial charge in [-0.05, 0) is 60.6 Å². The van der Waals surface area contributed by atoms with Crippen molar-refractivity contribution in [2.24, 2.45) is 0 Å². The summed E-state index contributed by atoms with van der Waals surface area (Å²) in [5, 5.41) is 10.9. The number of nitrogens with zero attached hydrogens (tertiary/aromatic N) is 1. The fourth-order valence-corrected chi connectivity index (χ4v) is 3.49. The Bertz CT molecular complexity index is 851. The van der Waals surface area contributed by atoms with Gasteiger partial charge in [-0.15, -0.1) is 0 Å². The van der Waals surface area contributed by atoms with E-state index in [1.807, 2.05) is 6.92 Å². The van der Waals surface area contributed by atoms with Crippen LogP contribution in [-0.4, -0.2) is 39.1 Å². The summed E-state index contributed by atoms with van der Waals surface area (Å²) in [5.41, 5.74) is 1.55. The van der Waals surface area contributed by atoms with Crippen LogP contribution in [0.15, 0.2) is 48.5 Å². The highest BCUT2D eigenvalue weighted by Gasteiger charge is 2.39. The minimum absolute atomic E-state index is 0.103. The Hall–Kier alpha value is -3.00. The summed E-state index contributed by atoms with van der Waals surface area (Å²) < 4.78 is 5.38. The van der Waals surface area contributed by atoms with Crippen LogP contribution in [0, 0.1) is 0 Å². The maximum Gasteiger partial charge on any atom is 0.335 e. The number of amides is 2. The summed E-state index contributed by atoms with van der Waals surface area (Å²) in [4.78, 5) is 36.8. The van der Waals surface area contributed by atoms with Crippen molar-refractivity contribution in [2.75, 3.05) is 11.9 Å². The number of rotatable bonds is 7. The molecule has 7 nitrogen and oxygen atoms in total. The van der Waals surface area contributed by atoms with Crippen LogP contribution in [0.4, 0.5) is 10.5 Å². The lowest BCUT2D eigenvalue weighted by Crippen LogP contribution is -2.33. The summed E-state index contributed by atoms with van der Waals surface area (Å²) in [6, 6.07) is 13.3. The third kappa shape index (κ3) is 4.40. The van der Waals surface area contributed by atoms with Crippen molar-refractivity contribution >= 4 is 34.6 Å². The predicted molar refractivity (Wildman–Crippen MR) is 102 cm³/mol. The molecular weight excluding hydrogens is 368 g/mol. The average molecular weight is 386 g/mol. The second kappa shape index (κ2) is 8.13. The van der Waals surface area contributed by atoms with Crippen LogP contribution < -0.4 is 10.1 Å². The lowest BCUT2D eigenvalue weighted by Gasteiger charge is -2.15. The Labute approximate surface area is 160 Å². The highest BCUT2D eigenvalue weighted by Crippen LogP contribution is 2.30. The van der Waals surface area contributed by atoms with E-state index in [0.717, 1.165) is 22.4 Å². The lowest BCUT2D eigenvalue weighted by atomic mass is 10.1. The van der Waals surface area contributed by atoms with Crippen LogP contribution in [-0.2, 0) is 11.3 Å². The van der Waals surface area contributed by atoms with E-state index in [9.17, 15) is 14.4 Å². The van der Waals surface area contributed by atoms with Crippen molar-refractivity contribution in [3.05, 3.63) is 59.7 Å². The standard InChI is InChI=1S/C19H18N2O5S/c1-2-26-15-9-7-14(8-10-15)20-16-17(22)21(19(25)27-16)11-12-3-5-13(6-4-12)18(23)24/h3-10,16,20H,2,11H2,1H3,(H,23,24)/t16-/m1/s1. The zero-order chi connectivity index (χ0) is 19.4. The Morgan fingerprint density at radius 1 is 1.15 bits per heavy atom. The molecule has 3 rings (SSSR count). The van der Waals surface area contributed by atoms with Gasteiger partial charge in [0.05, 0.1) is 18.7 Å². The Kier molecular flexibility index (Phi) is 5.66. The van der Waals surface area contributed by atoms with Crippen LogP contribution in [0.5, 0.6) is 5.75 Å². The summed E-state index contributed by atoms with van der Waals surface area (Å²) in [6.07, 6.45) is 0. The molecule has 8 heteroatoms. The molecule has 0 bridgehead atoms. The fraction of sp³-hybridized carbons (Fsp3) is 0.211. The third-order valence-electron chi connectivity index (χ3n) is 3.93. The monoisotopic (exact) mass is 386 g/mol. The van der Waals surface area contributed by atoms with E-state index in [1.165, 1.54) is 12.1 Å². The fourth-order valence-electron chi connectivity index (χ4n) is 2.58. The van der Waals surface area contributed by atoms with Gasteiger partial charge in [0.15, 0.2) is 5.37 Å². The molecular formula is C19H18N2O5S. The number of carbonyl (C=O) groups is 3. The van der Waals surface area contributed by atoms with Crippen LogP contribution >= 0.6 is 11.8 Å². The highest BCUT2D eigenvalue weighted by molar-refractivity contribution is 8.15. The maximum absolute atomic E-state index is 12.6. The number of carboxylic acids is 1. The zero-order valence-electron chi connectivity index (χ0n) is 14.5. The van der Waals surface area contributed by atoms with Crippen LogP contribution in [0.3, 0.4) is 0 Å². The first-order chi connectivity index (χ1) is 13.0. The SMILES string of the molecule is CCOc1ccc(N[C@@H]2SC(=O)N(Cc3ccc(C(=O)O)cc3)C2=O)cc1. The zero-order valence-corrected chi connectivity index (χ0v) is 15.4. The minimum atomic E-state index is -1.02. The number of hydrogen-bond donors (Lipinski definition) is 2. The van der Waals surface area contributed by atoms with Gasteiger partial charge < -0.3 is 15.2 Å². The molecule has 0 saturated carbocycles. The molecule has 1 aliphatic rings. The molecule has 2 aromatic rings. The van der Waals surface area contributed by atoms with E-state index < -0.39 is 11.3 Å². The predicted octanol–water partition coefficient (Wildman–Crippen LogP) is 3.42. The van der Waals surface area contributed by atoms with Gasteiger partial charge in [0.2, 0.25) is 0 Å². The smallest absolute Gasteiger partial charge is 0.335 e. The number of carboxylic acid groups (broad SMARTS) is 1. The number of hydrogen-bond acceptors (Lipinski definition) is 6. The van der Waals surface area contributed by atoms with Crippen molar-refractivity contribution in [3.63, 3.8) is 0 Å². The van der Waals surface area contributed by atoms with Gasteiger partial charge >= 0.3 is 5.97 Å². The number of thioether (sulfide) groups is 1. The van der Waals surface area contributed by atoms with Crippen molar-refractivity contribution in [1.29, 1.82) is 0 Å². The third-order valence-corrected chi connectivity index (χ3v) is 4.91. The van der Waals surface area contributed by atoms with Gasteiger partial charge in [0.1, 0.15) is 5.75 Å². The molecule has 2 amide bonds. The van der Waals surface area contributed by atoms with Crippen molar-refractivity contribution in [2.45, 2.75) is 18.8 Å². The van der Waals surface area contributed by atoms with E-state index in [4.69, 9.17) is 9.84 Å². The Morgan fingerprint density at radius 2 is 1.81 bits per heavy atom. The number of benzene rings is 2. The molecule has 0 aliphatic carbocycles. The number of ether oxygens (including phenoxy) is 1. The second-order valence-electron chi connectivity index (χ2n) is 5.79. The minimum Gasteiger partial charge on any atom is -0.494 e. The van der Waals surface area contributed by atoms with Crippen LogP contribution in [0.1, 0.15) is 22.8 Å². The molecule has 1 fully saturated rings. The topological polar surface area (TPSA) is 95.9 Å². The van der Waals surface area contributed by atoms with Crippen molar-refractivity contribution in [3.8, 4) is 5.75 Å². The first kappa shape index (κ1) is 18.8. The number of aromatic carboxylic acids is 1. The largest absolute Gasteiger partial charge is 0.494 e. The Morgan fingerprint density at radius 3 is 2.41 bits per heavy atom. The van der Waals surface area contributed by atoms with E-state index in [1.54, 1.807) is 36.4 Å². The van der Waals surface area contributed by atoms with E-state index in [2.05, 4.69) is 5.32 Å². The molecule has 2 N–H and O–H groups in total. The molecule has 0 aromatic heterocycles. The summed E-state index contributed by atoms with van der Waals surface area (Å²) >= 11 is 0.919. The molecule has 27 heavy (non-hydrogen) atoms. The van der Waals surface area contributed by atoms with E-state index >= 15 is 0 Å². The number of imide groups is 1. The maximum atomic E-state index is 12.6. The molecule has 0 spiro atoms. The second-order valence-corrected chi connectivity index (χ2v) is 6.85. The molecule has 1 saturated heterocycles. The molecule has 140 valence electrons. The van der Waals surface area contributed by atoms with Crippen molar-refractivity contribution in [1.82, 2.24) is 4.90 Å². The first-order valence-corrected chi connectivity index (χ1v) is 9.19. The lowest BCUT2D eigenvalue weighted by molar-refractivity contribution is -0.126. The highest BCUT2D eigenvalue weighted by atomic mass is 32.2. The number of anilines is 1. The average Bonchev–Trinajstić information content (AvgIpc) is 2.91. The molecule has 0 radical (unpaired) electrons. The van der Waals surface area contributed by atoms with Gasteiger partial charge in [0, 0.05) is 5.69 Å². The number of nitrogens with one attached hydrogen (secondary N) is 1. The molecule has 2 aromatic carbocycles. The van der Waals surface area contributed by atoms with Gasteiger partial charge in [-0.25, -0.2) is 4.79 Å². The van der Waals surface area contributed by atoms with Crippen LogP contribution in [0.2, 0.25) is 0 Å². The first-order valence-electron chi connectivity index (χ1n) is 8.31. The van der Waals surface area contributed by atoms with Crippen molar-refractivity contribution < 1.29 is 24.2 Å². The summed E-state index contributed by atoms with van der Waals surface area (Å²) in [7, 11) is 0. The normalized spacial score (nSPS) is 16.5. The summed E-state index contributed by atoms with van der Waals surface area (Å²) in [5.74, 6) is -0.623.